The van der Waals surface area contributed by atoms with Crippen LogP contribution in [0.15, 0.2) is 36.5 Å². The SMILES string of the molecule is N#Cc1cc(Oc2c(F)cc3c(cc[n]3[Tl]=[P+]=S)c2CC2CNC(=O)O2)ccc1F. The van der Waals surface area contributed by atoms with Crippen molar-refractivity contribution < 1.29 is 23.0 Å². The van der Waals surface area contributed by atoms with E-state index in [0.29, 0.717) is 12.1 Å². The maximum absolute atomic E-state index is 15.2. The van der Waals surface area contributed by atoms with Crippen molar-refractivity contribution >= 4 is 56.2 Å². The van der Waals surface area contributed by atoms with Crippen LogP contribution < -0.4 is 10.1 Å². The molecular weight excluding hydrogens is 624 g/mol. The molecule has 1 atom stereocenters. The monoisotopic (exact) mass is 636 g/mol. The van der Waals surface area contributed by atoms with Crippen molar-refractivity contribution in [2.45, 2.75) is 12.5 Å². The van der Waals surface area contributed by atoms with Crippen molar-refractivity contribution in [1.29, 1.82) is 5.26 Å². The van der Waals surface area contributed by atoms with E-state index in [9.17, 15) is 9.18 Å². The number of hydrogen-bond acceptors (Lipinski definition) is 5. The van der Waals surface area contributed by atoms with Crippen LogP contribution in [0.4, 0.5) is 13.6 Å². The number of nitriles is 1. The Kier molecular flexibility index (Phi) is 6.36. The number of rotatable bonds is 5. The van der Waals surface area contributed by atoms with Crippen molar-refractivity contribution in [3.8, 4) is 17.6 Å². The third-order valence-corrected chi connectivity index (χ3v) is 13.2. The Morgan fingerprint density at radius 3 is 2.90 bits per heavy atom. The third-order valence-electron chi connectivity index (χ3n) is 4.66. The Morgan fingerprint density at radius 2 is 2.20 bits per heavy atom. The van der Waals surface area contributed by atoms with Gasteiger partial charge < -0.3 is 0 Å². The molecule has 1 unspecified atom stereocenters. The van der Waals surface area contributed by atoms with Crippen molar-refractivity contribution in [3.63, 3.8) is 0 Å². The van der Waals surface area contributed by atoms with Gasteiger partial charge in [0.05, 0.1) is 0 Å². The van der Waals surface area contributed by atoms with Gasteiger partial charge in [-0.2, -0.15) is 0 Å². The van der Waals surface area contributed by atoms with Gasteiger partial charge >= 0.3 is 188 Å². The number of nitrogens with one attached hydrogen (secondary N) is 1. The molecule has 2 aromatic carbocycles. The Morgan fingerprint density at radius 1 is 1.37 bits per heavy atom. The summed E-state index contributed by atoms with van der Waals surface area (Å²) in [6.45, 7) is 0.302. The van der Waals surface area contributed by atoms with Crippen LogP contribution in [-0.4, -0.2) is 44.5 Å². The average molecular weight is 636 g/mol. The molecule has 1 N–H and O–H groups in total. The molecule has 1 aliphatic heterocycles. The maximum atomic E-state index is 15.2. The third kappa shape index (κ3) is 4.22. The molecule has 2 heterocycles. The van der Waals surface area contributed by atoms with Gasteiger partial charge in [-0.15, -0.1) is 0 Å². The molecule has 30 heavy (non-hydrogen) atoms. The molecule has 1 amide bonds. The van der Waals surface area contributed by atoms with Gasteiger partial charge in [0.15, 0.2) is 0 Å². The average Bonchev–Trinajstić information content (AvgIpc) is 3.32. The number of alkyl carbamates (subject to hydrolysis) is 1. The predicted molar refractivity (Wildman–Crippen MR) is 110 cm³/mol. The molecule has 0 bridgehead atoms. The molecule has 4 rings (SSSR count). The minimum absolute atomic E-state index is 0.0374. The number of amides is 1. The molecule has 0 radical (unpaired) electrons. The number of aromatic nitrogens is 1. The Bertz CT molecular complexity index is 1270. The molecule has 148 valence electrons. The van der Waals surface area contributed by atoms with Crippen molar-refractivity contribution in [2.24, 2.45) is 0 Å². The summed E-state index contributed by atoms with van der Waals surface area (Å²) in [4.78, 5) is 11.4. The van der Waals surface area contributed by atoms with Gasteiger partial charge in [-0.3, -0.25) is 0 Å². The Balaban J connectivity index is 1.84. The summed E-state index contributed by atoms with van der Waals surface area (Å²) in [5.74, 6) is -1.18. The number of halogens is 2. The minimum atomic E-state index is -1.47. The van der Waals surface area contributed by atoms with Gasteiger partial charge in [0.25, 0.3) is 0 Å². The standard InChI is InChI=1S/C19H12F2N3O3.PS.Tl/c20-15-2-1-11(5-10(15)8-22)26-18-14(6-12-9-24-19(25)27-12)13-3-4-23-17(13)7-16(18)21;1-2;/h1-5,7,12H,6,9H2,(H,24,25);;/q2*-1;+3. The van der Waals surface area contributed by atoms with E-state index in [1.165, 1.54) is 18.2 Å². The van der Waals surface area contributed by atoms with E-state index in [1.807, 2.05) is 14.6 Å². The fourth-order valence-electron chi connectivity index (χ4n) is 3.33. The summed E-state index contributed by atoms with van der Waals surface area (Å²) in [6.07, 6.45) is 1.14. The van der Waals surface area contributed by atoms with E-state index in [1.54, 1.807) is 6.07 Å². The second-order valence-corrected chi connectivity index (χ2v) is 19.8. The molecule has 0 aliphatic carbocycles. The molecular formula is C19H12F2N3O3PSTl+. The van der Waals surface area contributed by atoms with Crippen LogP contribution in [-0.2, 0) is 23.0 Å². The van der Waals surface area contributed by atoms with Crippen LogP contribution in [0.1, 0.15) is 11.1 Å². The molecule has 0 spiro atoms. The number of carbonyl (C=O) groups is 1. The number of cyclic esters (lactones) is 1. The van der Waals surface area contributed by atoms with Crippen LogP contribution in [0, 0.1) is 23.0 Å². The number of nitrogens with zero attached hydrogens (tertiary/aromatic N) is 2. The molecule has 6 nitrogen and oxygen atoms in total. The van der Waals surface area contributed by atoms with E-state index < -0.39 is 47.2 Å². The first-order valence-corrected chi connectivity index (χ1v) is 18.8. The van der Waals surface area contributed by atoms with E-state index in [0.717, 1.165) is 21.0 Å². The first kappa shape index (κ1) is 21.2. The summed E-state index contributed by atoms with van der Waals surface area (Å²) in [5.41, 5.74) is 1.07. The predicted octanol–water partition coefficient (Wildman–Crippen LogP) is 4.02. The van der Waals surface area contributed by atoms with Gasteiger partial charge in [-0.05, 0) is 0 Å². The van der Waals surface area contributed by atoms with Crippen LogP contribution in [0.2, 0.25) is 0 Å². The zero-order chi connectivity index (χ0) is 21.3. The molecule has 0 saturated carbocycles. The van der Waals surface area contributed by atoms with Crippen molar-refractivity contribution in [1.82, 2.24) is 7.69 Å². The fourth-order valence-corrected chi connectivity index (χ4v) is 11.0. The van der Waals surface area contributed by atoms with E-state index in [2.05, 4.69) is 5.32 Å². The first-order valence-electron chi connectivity index (χ1n) is 8.80. The molecule has 1 saturated heterocycles. The molecule has 3 aromatic rings. The van der Waals surface area contributed by atoms with Gasteiger partial charge in [-0.25, -0.2) is 0 Å². The molecule has 1 aliphatic rings. The summed E-state index contributed by atoms with van der Waals surface area (Å²) in [7, 11) is 0. The normalized spacial score (nSPS) is 15.2. The van der Waals surface area contributed by atoms with Crippen LogP contribution in [0.5, 0.6) is 11.5 Å². The van der Waals surface area contributed by atoms with Gasteiger partial charge in [-0.1, -0.05) is 0 Å². The van der Waals surface area contributed by atoms with Gasteiger partial charge in [0, 0.05) is 0 Å². The number of fused-ring (bicyclic) bond motifs is 1. The quantitative estimate of drug-likeness (QED) is 0.339. The fraction of sp³-hybridized carbons (Fsp3) is 0.158. The van der Waals surface area contributed by atoms with Crippen LogP contribution in [0.3, 0.4) is 0 Å². The Hall–Kier alpha value is -2.03. The van der Waals surface area contributed by atoms with E-state index in [-0.39, 0.29) is 23.5 Å². The molecule has 1 aromatic heterocycles. The first-order chi connectivity index (χ1) is 14.5. The van der Waals surface area contributed by atoms with Crippen LogP contribution in [0.25, 0.3) is 10.9 Å². The zero-order valence-electron chi connectivity index (χ0n) is 15.3. The summed E-state index contributed by atoms with van der Waals surface area (Å²) >= 11 is 3.64. The van der Waals surface area contributed by atoms with E-state index >= 15 is 4.39 Å². The van der Waals surface area contributed by atoms with Crippen molar-refractivity contribution in [2.75, 3.05) is 6.54 Å². The Labute approximate surface area is 187 Å². The van der Waals surface area contributed by atoms with Crippen LogP contribution >= 0.6 is 4.00 Å². The number of carbonyl (C=O) groups excluding carboxylic acids is 1. The summed E-state index contributed by atoms with van der Waals surface area (Å²) in [5, 5.41) is 12.4. The zero-order valence-corrected chi connectivity index (χ0v) is 21.5. The van der Waals surface area contributed by atoms with E-state index in [4.69, 9.17) is 26.5 Å². The topological polar surface area (TPSA) is 76.3 Å². The number of benzene rings is 2. The number of ether oxygens (including phenoxy) is 2. The number of hydrogen-bond donors (Lipinski definition) is 1. The second-order valence-electron chi connectivity index (χ2n) is 6.51. The summed E-state index contributed by atoms with van der Waals surface area (Å²) < 4.78 is 42.8. The van der Waals surface area contributed by atoms with Gasteiger partial charge in [0.2, 0.25) is 0 Å². The molecule has 11 heteroatoms. The van der Waals surface area contributed by atoms with Crippen molar-refractivity contribution in [3.05, 3.63) is 59.3 Å². The molecule has 1 fully saturated rings. The summed E-state index contributed by atoms with van der Waals surface area (Å²) in [6, 6.07) is 8.67. The second kappa shape index (κ2) is 9.00. The van der Waals surface area contributed by atoms with Gasteiger partial charge in [0.1, 0.15) is 0 Å².